The van der Waals surface area contributed by atoms with Crippen LogP contribution in [0.5, 0.6) is 0 Å². The Kier molecular flexibility index (Phi) is 9.03. The molecular weight excluding hydrogens is 412 g/mol. The Bertz CT molecular complexity index is 812. The van der Waals surface area contributed by atoms with Crippen LogP contribution >= 0.6 is 0 Å². The van der Waals surface area contributed by atoms with Gasteiger partial charge >= 0.3 is 0 Å². The molecule has 6 heteroatoms. The molecule has 1 fully saturated rings. The summed E-state index contributed by atoms with van der Waals surface area (Å²) in [7, 11) is 0. The van der Waals surface area contributed by atoms with E-state index in [0.717, 1.165) is 11.1 Å². The van der Waals surface area contributed by atoms with Gasteiger partial charge in [-0.1, -0.05) is 88.4 Å². The highest BCUT2D eigenvalue weighted by molar-refractivity contribution is 5.83. The van der Waals surface area contributed by atoms with Gasteiger partial charge in [0.05, 0.1) is 24.2 Å². The monoisotopic (exact) mass is 450 g/mol. The van der Waals surface area contributed by atoms with Crippen LogP contribution in [0.2, 0.25) is 0 Å². The van der Waals surface area contributed by atoms with Crippen LogP contribution in [-0.2, 0) is 9.59 Å². The van der Waals surface area contributed by atoms with Crippen molar-refractivity contribution in [3.8, 4) is 0 Å². The van der Waals surface area contributed by atoms with Crippen molar-refractivity contribution in [2.45, 2.75) is 58.3 Å². The second kappa shape index (κ2) is 12.0. The molecule has 0 spiro atoms. The van der Waals surface area contributed by atoms with Gasteiger partial charge in [0.25, 0.3) is 0 Å². The molecule has 1 heterocycles. The number of benzene rings is 2. The Morgan fingerprint density at radius 3 is 1.33 bits per heavy atom. The van der Waals surface area contributed by atoms with Crippen molar-refractivity contribution < 1.29 is 9.59 Å². The van der Waals surface area contributed by atoms with Crippen molar-refractivity contribution in [1.29, 1.82) is 0 Å². The van der Waals surface area contributed by atoms with E-state index in [1.54, 1.807) is 0 Å². The molecule has 4 N–H and O–H groups in total. The SMILES string of the molecule is CC(C)[C@@H]1N[C@H](c2ccccc2)[C@H](c2ccccc2)N[C@@H](C(C)C)C(=O)NCCCNC1=O. The predicted molar refractivity (Wildman–Crippen MR) is 133 cm³/mol. The maximum absolute atomic E-state index is 13.1. The van der Waals surface area contributed by atoms with Crippen LogP contribution in [-0.4, -0.2) is 37.0 Å². The summed E-state index contributed by atoms with van der Waals surface area (Å²) in [5.74, 6) is 0.171. The topological polar surface area (TPSA) is 82.3 Å². The van der Waals surface area contributed by atoms with Crippen LogP contribution < -0.4 is 21.3 Å². The number of carbonyl (C=O) groups is 2. The Labute approximate surface area is 197 Å². The maximum atomic E-state index is 13.1. The largest absolute Gasteiger partial charge is 0.355 e. The van der Waals surface area contributed by atoms with Crippen molar-refractivity contribution in [1.82, 2.24) is 21.3 Å². The summed E-state index contributed by atoms with van der Waals surface area (Å²) in [5, 5.41) is 13.5. The first kappa shape index (κ1) is 24.9. The summed E-state index contributed by atoms with van der Waals surface area (Å²) in [6.07, 6.45) is 0.692. The molecule has 178 valence electrons. The number of rotatable bonds is 4. The molecule has 2 amide bonds. The molecule has 2 aromatic rings. The third-order valence-corrected chi connectivity index (χ3v) is 6.22. The van der Waals surface area contributed by atoms with Gasteiger partial charge in [0.2, 0.25) is 11.8 Å². The first-order valence-electron chi connectivity index (χ1n) is 12.1. The normalized spacial score (nSPS) is 25.5. The fraction of sp³-hybridized carbons (Fsp3) is 0.481. The molecule has 0 saturated carbocycles. The van der Waals surface area contributed by atoms with Crippen molar-refractivity contribution in [2.24, 2.45) is 11.8 Å². The molecular formula is C27H38N4O2. The lowest BCUT2D eigenvalue weighted by Crippen LogP contribution is -2.53. The third-order valence-electron chi connectivity index (χ3n) is 6.22. The van der Waals surface area contributed by atoms with E-state index in [9.17, 15) is 9.59 Å². The van der Waals surface area contributed by atoms with E-state index < -0.39 is 0 Å². The standard InChI is InChI=1S/C27H38N4O2/c1-18(2)22-26(32)28-16-11-17-29-27(33)23(19(3)4)31-25(21-14-9-6-10-15-21)24(30-22)20-12-7-5-8-13-20/h5-10,12-15,18-19,22-25,30-31H,11,16-17H2,1-4H3,(H,28,32)(H,29,33)/t22-,23-,24-,25+/m0/s1. The number of carbonyl (C=O) groups excluding carboxylic acids is 2. The zero-order valence-electron chi connectivity index (χ0n) is 20.2. The minimum atomic E-state index is -0.370. The molecule has 33 heavy (non-hydrogen) atoms. The highest BCUT2D eigenvalue weighted by Crippen LogP contribution is 2.31. The molecule has 0 radical (unpaired) electrons. The first-order valence-corrected chi connectivity index (χ1v) is 12.1. The Morgan fingerprint density at radius 2 is 1.00 bits per heavy atom. The fourth-order valence-corrected chi connectivity index (χ4v) is 4.35. The summed E-state index contributed by atoms with van der Waals surface area (Å²) in [4.78, 5) is 26.3. The van der Waals surface area contributed by atoms with Crippen LogP contribution in [0.1, 0.15) is 57.3 Å². The average molecular weight is 451 g/mol. The van der Waals surface area contributed by atoms with E-state index in [0.29, 0.717) is 19.5 Å². The van der Waals surface area contributed by atoms with Crippen LogP contribution in [0.25, 0.3) is 0 Å². The summed E-state index contributed by atoms with van der Waals surface area (Å²) in [5.41, 5.74) is 2.13. The molecule has 4 atom stereocenters. The molecule has 3 rings (SSSR count). The Morgan fingerprint density at radius 1 is 0.636 bits per heavy atom. The van der Waals surface area contributed by atoms with E-state index in [-0.39, 0.29) is 47.8 Å². The van der Waals surface area contributed by atoms with Crippen molar-refractivity contribution in [2.75, 3.05) is 13.1 Å². The Balaban J connectivity index is 2.12. The Hall–Kier alpha value is -2.70. The molecule has 6 nitrogen and oxygen atoms in total. The van der Waals surface area contributed by atoms with E-state index in [2.05, 4.69) is 73.2 Å². The minimum Gasteiger partial charge on any atom is -0.355 e. The summed E-state index contributed by atoms with van der Waals surface area (Å²) >= 11 is 0. The van der Waals surface area contributed by atoms with Gasteiger partial charge in [-0.05, 0) is 29.4 Å². The highest BCUT2D eigenvalue weighted by atomic mass is 16.2. The summed E-state index contributed by atoms with van der Waals surface area (Å²) in [6, 6.07) is 19.2. The third kappa shape index (κ3) is 6.65. The van der Waals surface area contributed by atoms with Crippen LogP contribution in [0, 0.1) is 11.8 Å². The van der Waals surface area contributed by atoms with Crippen LogP contribution in [0.15, 0.2) is 60.7 Å². The molecule has 1 saturated heterocycles. The lowest BCUT2D eigenvalue weighted by atomic mass is 9.89. The quantitative estimate of drug-likeness (QED) is 0.576. The smallest absolute Gasteiger partial charge is 0.237 e. The molecule has 0 bridgehead atoms. The molecule has 0 unspecified atom stereocenters. The van der Waals surface area contributed by atoms with Gasteiger partial charge in [0, 0.05) is 13.1 Å². The molecule has 1 aliphatic heterocycles. The molecule has 2 aromatic carbocycles. The maximum Gasteiger partial charge on any atom is 0.237 e. The number of hydrogen-bond donors (Lipinski definition) is 4. The van der Waals surface area contributed by atoms with E-state index in [1.165, 1.54) is 0 Å². The second-order valence-corrected chi connectivity index (χ2v) is 9.49. The highest BCUT2D eigenvalue weighted by Gasteiger charge is 2.35. The summed E-state index contributed by atoms with van der Waals surface area (Å²) < 4.78 is 0. The van der Waals surface area contributed by atoms with Gasteiger partial charge in [-0.2, -0.15) is 0 Å². The van der Waals surface area contributed by atoms with Gasteiger partial charge in [-0.15, -0.1) is 0 Å². The van der Waals surface area contributed by atoms with Crippen molar-refractivity contribution in [3.05, 3.63) is 71.8 Å². The fourth-order valence-electron chi connectivity index (χ4n) is 4.35. The second-order valence-electron chi connectivity index (χ2n) is 9.49. The zero-order valence-corrected chi connectivity index (χ0v) is 20.2. The van der Waals surface area contributed by atoms with Crippen LogP contribution in [0.3, 0.4) is 0 Å². The molecule has 1 aliphatic rings. The minimum absolute atomic E-state index is 0.0104. The van der Waals surface area contributed by atoms with Crippen molar-refractivity contribution >= 4 is 11.8 Å². The number of hydrogen-bond acceptors (Lipinski definition) is 4. The van der Waals surface area contributed by atoms with E-state index in [4.69, 9.17) is 0 Å². The average Bonchev–Trinajstić information content (AvgIpc) is 2.81. The summed E-state index contributed by atoms with van der Waals surface area (Å²) in [6.45, 7) is 9.30. The van der Waals surface area contributed by atoms with Gasteiger partial charge in [0.1, 0.15) is 0 Å². The van der Waals surface area contributed by atoms with Gasteiger partial charge < -0.3 is 10.6 Å². The van der Waals surface area contributed by atoms with E-state index in [1.807, 2.05) is 36.4 Å². The van der Waals surface area contributed by atoms with Gasteiger partial charge in [-0.3, -0.25) is 20.2 Å². The molecule has 0 aliphatic carbocycles. The lowest BCUT2D eigenvalue weighted by molar-refractivity contribution is -0.125. The van der Waals surface area contributed by atoms with Crippen LogP contribution in [0.4, 0.5) is 0 Å². The first-order chi connectivity index (χ1) is 15.9. The predicted octanol–water partition coefficient (Wildman–Crippen LogP) is 3.33. The lowest BCUT2D eigenvalue weighted by Gasteiger charge is -2.36. The number of nitrogens with one attached hydrogen (secondary N) is 4. The van der Waals surface area contributed by atoms with Gasteiger partial charge in [0.15, 0.2) is 0 Å². The van der Waals surface area contributed by atoms with Crippen molar-refractivity contribution in [3.63, 3.8) is 0 Å². The zero-order chi connectivity index (χ0) is 23.8. The van der Waals surface area contributed by atoms with Gasteiger partial charge in [-0.25, -0.2) is 0 Å². The van der Waals surface area contributed by atoms with E-state index >= 15 is 0 Å². The number of amides is 2. The molecule has 0 aromatic heterocycles.